The number of rotatable bonds is 7. The first-order chi connectivity index (χ1) is 12.7. The SMILES string of the molecule is COCCN1CCN(c2ccc(C(C(N)=O)c3ccccc3)cc2)CC1. The number of nitrogens with two attached hydrogens (primary N) is 1. The summed E-state index contributed by atoms with van der Waals surface area (Å²) in [5, 5.41) is 0. The number of carbonyl (C=O) groups is 1. The van der Waals surface area contributed by atoms with E-state index in [1.165, 1.54) is 5.69 Å². The van der Waals surface area contributed by atoms with E-state index >= 15 is 0 Å². The van der Waals surface area contributed by atoms with Crippen molar-refractivity contribution >= 4 is 11.6 Å². The Labute approximate surface area is 155 Å². The number of methoxy groups -OCH3 is 1. The van der Waals surface area contributed by atoms with E-state index in [4.69, 9.17) is 10.5 Å². The first-order valence-electron chi connectivity index (χ1n) is 9.09. The van der Waals surface area contributed by atoms with Crippen LogP contribution >= 0.6 is 0 Å². The van der Waals surface area contributed by atoms with Crippen LogP contribution in [-0.2, 0) is 9.53 Å². The van der Waals surface area contributed by atoms with E-state index in [-0.39, 0.29) is 5.91 Å². The van der Waals surface area contributed by atoms with Crippen LogP contribution in [-0.4, -0.2) is 57.2 Å². The van der Waals surface area contributed by atoms with Crippen LogP contribution in [0.1, 0.15) is 17.0 Å². The maximum absolute atomic E-state index is 12.0. The zero-order chi connectivity index (χ0) is 18.4. The summed E-state index contributed by atoms with van der Waals surface area (Å²) in [4.78, 5) is 16.8. The number of hydrogen-bond acceptors (Lipinski definition) is 4. The van der Waals surface area contributed by atoms with Crippen LogP contribution in [0.4, 0.5) is 5.69 Å². The minimum Gasteiger partial charge on any atom is -0.383 e. The van der Waals surface area contributed by atoms with Crippen molar-refractivity contribution in [2.24, 2.45) is 5.73 Å². The van der Waals surface area contributed by atoms with E-state index in [1.54, 1.807) is 7.11 Å². The number of ether oxygens (including phenoxy) is 1. The molecule has 1 atom stereocenters. The molecule has 1 heterocycles. The van der Waals surface area contributed by atoms with Crippen LogP contribution in [0.5, 0.6) is 0 Å². The lowest BCUT2D eigenvalue weighted by atomic mass is 9.90. The molecular formula is C21H27N3O2. The quantitative estimate of drug-likeness (QED) is 0.828. The Balaban J connectivity index is 1.67. The molecule has 138 valence electrons. The molecule has 0 aliphatic carbocycles. The van der Waals surface area contributed by atoms with E-state index in [9.17, 15) is 4.79 Å². The van der Waals surface area contributed by atoms with Crippen molar-refractivity contribution in [3.63, 3.8) is 0 Å². The molecule has 1 aliphatic heterocycles. The van der Waals surface area contributed by atoms with Gasteiger partial charge in [-0.3, -0.25) is 9.69 Å². The summed E-state index contributed by atoms with van der Waals surface area (Å²) in [6, 6.07) is 17.9. The predicted molar refractivity (Wildman–Crippen MR) is 104 cm³/mol. The van der Waals surface area contributed by atoms with Crippen molar-refractivity contribution < 1.29 is 9.53 Å². The molecule has 0 aromatic heterocycles. The number of benzene rings is 2. The Bertz CT molecular complexity index is 695. The maximum Gasteiger partial charge on any atom is 0.229 e. The number of piperazine rings is 1. The van der Waals surface area contributed by atoms with Crippen LogP contribution in [0.2, 0.25) is 0 Å². The first kappa shape index (κ1) is 18.4. The summed E-state index contributed by atoms with van der Waals surface area (Å²) in [6.45, 7) is 5.85. The number of hydrogen-bond donors (Lipinski definition) is 1. The van der Waals surface area contributed by atoms with Crippen LogP contribution < -0.4 is 10.6 Å². The third-order valence-corrected chi connectivity index (χ3v) is 4.99. The van der Waals surface area contributed by atoms with Gasteiger partial charge in [-0.25, -0.2) is 0 Å². The number of nitrogens with zero attached hydrogens (tertiary/aromatic N) is 2. The first-order valence-corrected chi connectivity index (χ1v) is 9.09. The van der Waals surface area contributed by atoms with Gasteiger partial charge in [-0.15, -0.1) is 0 Å². The van der Waals surface area contributed by atoms with Crippen molar-refractivity contribution in [1.82, 2.24) is 4.90 Å². The molecular weight excluding hydrogens is 326 g/mol. The smallest absolute Gasteiger partial charge is 0.229 e. The molecule has 1 saturated heterocycles. The van der Waals surface area contributed by atoms with Crippen LogP contribution in [0, 0.1) is 0 Å². The second-order valence-electron chi connectivity index (χ2n) is 6.66. The summed E-state index contributed by atoms with van der Waals surface area (Å²) in [7, 11) is 1.74. The molecule has 0 bridgehead atoms. The molecule has 5 nitrogen and oxygen atoms in total. The third-order valence-electron chi connectivity index (χ3n) is 4.99. The lowest BCUT2D eigenvalue weighted by Crippen LogP contribution is -2.47. The van der Waals surface area contributed by atoms with Crippen LogP contribution in [0.25, 0.3) is 0 Å². The van der Waals surface area contributed by atoms with Gasteiger partial charge in [0.15, 0.2) is 0 Å². The number of amides is 1. The van der Waals surface area contributed by atoms with Gasteiger partial charge in [0.1, 0.15) is 0 Å². The molecule has 26 heavy (non-hydrogen) atoms. The number of primary amides is 1. The Morgan fingerprint density at radius 1 is 1.00 bits per heavy atom. The van der Waals surface area contributed by atoms with Gasteiger partial charge in [-0.1, -0.05) is 42.5 Å². The molecule has 3 rings (SSSR count). The lowest BCUT2D eigenvalue weighted by Gasteiger charge is -2.36. The highest BCUT2D eigenvalue weighted by atomic mass is 16.5. The highest BCUT2D eigenvalue weighted by molar-refractivity contribution is 5.85. The number of anilines is 1. The average Bonchev–Trinajstić information content (AvgIpc) is 2.68. The van der Waals surface area contributed by atoms with Gasteiger partial charge >= 0.3 is 0 Å². The van der Waals surface area contributed by atoms with E-state index in [0.29, 0.717) is 0 Å². The molecule has 5 heteroatoms. The molecule has 2 N–H and O–H groups in total. The molecule has 2 aromatic rings. The monoisotopic (exact) mass is 353 g/mol. The third kappa shape index (κ3) is 4.42. The van der Waals surface area contributed by atoms with Crippen molar-refractivity contribution in [3.8, 4) is 0 Å². The molecule has 2 aromatic carbocycles. The minimum absolute atomic E-state index is 0.323. The predicted octanol–water partition coefficient (Wildman–Crippen LogP) is 2.07. The lowest BCUT2D eigenvalue weighted by molar-refractivity contribution is -0.118. The Morgan fingerprint density at radius 3 is 2.19 bits per heavy atom. The molecule has 1 amide bonds. The van der Waals surface area contributed by atoms with Crippen molar-refractivity contribution in [3.05, 3.63) is 65.7 Å². The molecule has 1 aliphatic rings. The van der Waals surface area contributed by atoms with Gasteiger partial charge < -0.3 is 15.4 Å². The van der Waals surface area contributed by atoms with Crippen molar-refractivity contribution in [2.45, 2.75) is 5.92 Å². The highest BCUT2D eigenvalue weighted by Gasteiger charge is 2.21. The second kappa shape index (κ2) is 8.83. The van der Waals surface area contributed by atoms with Crippen LogP contribution in [0.15, 0.2) is 54.6 Å². The van der Waals surface area contributed by atoms with Crippen molar-refractivity contribution in [1.29, 1.82) is 0 Å². The summed E-state index contributed by atoms with van der Waals surface area (Å²) < 4.78 is 5.15. The van der Waals surface area contributed by atoms with E-state index < -0.39 is 5.92 Å². The molecule has 0 radical (unpaired) electrons. The normalized spacial score (nSPS) is 16.4. The van der Waals surface area contributed by atoms with Gasteiger partial charge in [0.2, 0.25) is 5.91 Å². The van der Waals surface area contributed by atoms with Gasteiger partial charge in [0, 0.05) is 45.5 Å². The Kier molecular flexibility index (Phi) is 6.26. The molecule has 1 unspecified atom stereocenters. The van der Waals surface area contributed by atoms with E-state index in [0.717, 1.165) is 50.5 Å². The molecule has 0 saturated carbocycles. The zero-order valence-corrected chi connectivity index (χ0v) is 15.3. The zero-order valence-electron chi connectivity index (χ0n) is 15.3. The topological polar surface area (TPSA) is 58.8 Å². The fraction of sp³-hybridized carbons (Fsp3) is 0.381. The van der Waals surface area contributed by atoms with Gasteiger partial charge in [0.25, 0.3) is 0 Å². The van der Waals surface area contributed by atoms with Crippen molar-refractivity contribution in [2.75, 3.05) is 51.3 Å². The number of carbonyl (C=O) groups excluding carboxylic acids is 1. The average molecular weight is 353 g/mol. The van der Waals surface area contributed by atoms with Gasteiger partial charge in [-0.2, -0.15) is 0 Å². The summed E-state index contributed by atoms with van der Waals surface area (Å²) in [5.74, 6) is -0.730. The van der Waals surface area contributed by atoms with Crippen LogP contribution in [0.3, 0.4) is 0 Å². The van der Waals surface area contributed by atoms with E-state index in [1.807, 2.05) is 42.5 Å². The summed E-state index contributed by atoms with van der Waals surface area (Å²) >= 11 is 0. The fourth-order valence-electron chi connectivity index (χ4n) is 3.49. The highest BCUT2D eigenvalue weighted by Crippen LogP contribution is 2.27. The van der Waals surface area contributed by atoms with Gasteiger partial charge in [-0.05, 0) is 23.3 Å². The Morgan fingerprint density at radius 2 is 1.62 bits per heavy atom. The summed E-state index contributed by atoms with van der Waals surface area (Å²) in [5.41, 5.74) is 8.73. The maximum atomic E-state index is 12.0. The second-order valence-corrected chi connectivity index (χ2v) is 6.66. The molecule has 1 fully saturated rings. The molecule has 0 spiro atoms. The standard InChI is InChI=1S/C21H27N3O2/c1-26-16-15-23-11-13-24(14-12-23)19-9-7-18(8-10-19)20(21(22)25)17-5-3-2-4-6-17/h2-10,20H,11-16H2,1H3,(H2,22,25). The fourth-order valence-corrected chi connectivity index (χ4v) is 3.49. The van der Waals surface area contributed by atoms with Gasteiger partial charge in [0.05, 0.1) is 12.5 Å². The van der Waals surface area contributed by atoms with E-state index in [2.05, 4.69) is 21.9 Å². The Hall–Kier alpha value is -2.37. The summed E-state index contributed by atoms with van der Waals surface area (Å²) in [6.07, 6.45) is 0. The largest absolute Gasteiger partial charge is 0.383 e. The minimum atomic E-state index is -0.406.